The Morgan fingerprint density at radius 2 is 1.71 bits per heavy atom. The third kappa shape index (κ3) is 3.25. The molecule has 1 aromatic rings. The summed E-state index contributed by atoms with van der Waals surface area (Å²) in [6, 6.07) is 0.411. The molecule has 1 atom stereocenters. The summed E-state index contributed by atoms with van der Waals surface area (Å²) in [5, 5.41) is 0. The van der Waals surface area contributed by atoms with Gasteiger partial charge in [0.25, 0.3) is 5.91 Å². The van der Waals surface area contributed by atoms with Crippen molar-refractivity contribution in [2.24, 2.45) is 5.92 Å². The number of aryl methyl sites for hydroxylation is 1. The Morgan fingerprint density at radius 1 is 1.00 bits per heavy atom. The number of amides is 1. The molecular formula is C20H30N2O2. The van der Waals surface area contributed by atoms with Crippen LogP contribution < -0.4 is 0 Å². The van der Waals surface area contributed by atoms with Crippen molar-refractivity contribution in [2.45, 2.75) is 89.5 Å². The highest BCUT2D eigenvalue weighted by Gasteiger charge is 2.36. The molecule has 0 N–H and O–H groups in total. The summed E-state index contributed by atoms with van der Waals surface area (Å²) in [4.78, 5) is 20.0. The number of hydrogen-bond acceptors (Lipinski definition) is 3. The number of carbonyl (C=O) groups is 1. The molecule has 1 aliphatic heterocycles. The fourth-order valence-electron chi connectivity index (χ4n) is 4.65. The topological polar surface area (TPSA) is 46.3 Å². The predicted octanol–water partition coefficient (Wildman–Crippen LogP) is 4.83. The van der Waals surface area contributed by atoms with Gasteiger partial charge in [0.15, 0.2) is 5.89 Å². The van der Waals surface area contributed by atoms with Gasteiger partial charge in [-0.3, -0.25) is 4.79 Å². The first-order valence-corrected chi connectivity index (χ1v) is 10.0. The van der Waals surface area contributed by atoms with Crippen LogP contribution in [-0.4, -0.2) is 28.4 Å². The number of carbonyl (C=O) groups excluding carboxylic acids is 1. The summed E-state index contributed by atoms with van der Waals surface area (Å²) in [5.41, 5.74) is 0.786. The van der Waals surface area contributed by atoms with Gasteiger partial charge in [0.2, 0.25) is 5.76 Å². The van der Waals surface area contributed by atoms with Gasteiger partial charge >= 0.3 is 0 Å². The number of rotatable bonds is 3. The fraction of sp³-hybridized carbons (Fsp3) is 0.800. The quantitative estimate of drug-likeness (QED) is 0.798. The van der Waals surface area contributed by atoms with Crippen molar-refractivity contribution in [2.75, 3.05) is 6.54 Å². The molecule has 4 rings (SSSR count). The largest absolute Gasteiger partial charge is 0.435 e. The Bertz CT molecular complexity index is 584. The number of nitrogens with zero attached hydrogens (tertiary/aromatic N) is 2. The van der Waals surface area contributed by atoms with Gasteiger partial charge in [0.05, 0.1) is 5.69 Å². The van der Waals surface area contributed by atoms with E-state index >= 15 is 0 Å². The second kappa shape index (κ2) is 6.89. The van der Waals surface area contributed by atoms with Crippen molar-refractivity contribution in [3.05, 3.63) is 17.3 Å². The van der Waals surface area contributed by atoms with Gasteiger partial charge in [-0.2, -0.15) is 0 Å². The third-order valence-corrected chi connectivity index (χ3v) is 6.19. The van der Waals surface area contributed by atoms with Crippen LogP contribution in [0.1, 0.15) is 98.7 Å². The van der Waals surface area contributed by atoms with E-state index in [1.807, 2.05) is 6.92 Å². The van der Waals surface area contributed by atoms with E-state index in [2.05, 4.69) is 9.88 Å². The maximum atomic E-state index is 13.3. The third-order valence-electron chi connectivity index (χ3n) is 6.19. The minimum absolute atomic E-state index is 0.101. The highest BCUT2D eigenvalue weighted by atomic mass is 16.4. The lowest BCUT2D eigenvalue weighted by molar-refractivity contribution is 0.0541. The molecule has 24 heavy (non-hydrogen) atoms. The first-order chi connectivity index (χ1) is 11.7. The minimum Gasteiger partial charge on any atom is -0.435 e. The second-order valence-electron chi connectivity index (χ2n) is 8.05. The Balaban J connectivity index is 1.57. The molecule has 3 fully saturated rings. The molecule has 2 heterocycles. The molecule has 2 aliphatic carbocycles. The molecule has 4 heteroatoms. The average Bonchev–Trinajstić information content (AvgIpc) is 3.41. The van der Waals surface area contributed by atoms with Crippen molar-refractivity contribution >= 4 is 5.91 Å². The normalized spacial score (nSPS) is 26.4. The molecule has 1 amide bonds. The number of oxazole rings is 1. The predicted molar refractivity (Wildman–Crippen MR) is 93.1 cm³/mol. The monoisotopic (exact) mass is 330 g/mol. The van der Waals surface area contributed by atoms with E-state index in [1.165, 1.54) is 51.4 Å². The summed E-state index contributed by atoms with van der Waals surface area (Å²) in [7, 11) is 0. The maximum absolute atomic E-state index is 13.3. The van der Waals surface area contributed by atoms with Crippen molar-refractivity contribution in [1.29, 1.82) is 0 Å². The van der Waals surface area contributed by atoms with Crippen LogP contribution >= 0.6 is 0 Å². The molecule has 1 saturated heterocycles. The van der Waals surface area contributed by atoms with Crippen molar-refractivity contribution in [3.63, 3.8) is 0 Å². The lowest BCUT2D eigenvalue weighted by Gasteiger charge is -2.37. The van der Waals surface area contributed by atoms with E-state index < -0.39 is 0 Å². The van der Waals surface area contributed by atoms with E-state index in [-0.39, 0.29) is 5.91 Å². The molecule has 2 saturated carbocycles. The van der Waals surface area contributed by atoms with Gasteiger partial charge in [0, 0.05) is 18.5 Å². The summed E-state index contributed by atoms with van der Waals surface area (Å²) in [6.07, 6.45) is 13.7. The van der Waals surface area contributed by atoms with E-state index in [0.29, 0.717) is 23.6 Å². The first-order valence-electron chi connectivity index (χ1n) is 10.0. The minimum atomic E-state index is 0.101. The van der Waals surface area contributed by atoms with Crippen molar-refractivity contribution < 1.29 is 9.21 Å². The number of aromatic nitrogens is 1. The van der Waals surface area contributed by atoms with Gasteiger partial charge in [-0.1, -0.05) is 32.1 Å². The SMILES string of the molecule is Cc1nc(C2CC2)oc1C(=O)N1CCCCCC1C1CCCCC1. The van der Waals surface area contributed by atoms with E-state index in [1.54, 1.807) is 0 Å². The standard InChI is InChI=1S/C20H30N2O2/c1-14-18(24-19(21-14)16-11-12-16)20(23)22-13-7-3-6-10-17(22)15-8-4-2-5-9-15/h15-17H,2-13H2,1H3. The van der Waals surface area contributed by atoms with Crippen LogP contribution in [0.4, 0.5) is 0 Å². The molecule has 1 aromatic heterocycles. The fourth-order valence-corrected chi connectivity index (χ4v) is 4.65. The molecule has 1 unspecified atom stereocenters. The van der Waals surface area contributed by atoms with Crippen LogP contribution in [0.3, 0.4) is 0 Å². The van der Waals surface area contributed by atoms with Gasteiger partial charge in [0.1, 0.15) is 0 Å². The molecule has 0 radical (unpaired) electrons. The molecular weight excluding hydrogens is 300 g/mol. The molecule has 0 aromatic carbocycles. The van der Waals surface area contributed by atoms with Crippen LogP contribution in [0.2, 0.25) is 0 Å². The highest BCUT2D eigenvalue weighted by molar-refractivity contribution is 5.92. The molecule has 0 bridgehead atoms. The van der Waals surface area contributed by atoms with Gasteiger partial charge in [-0.15, -0.1) is 0 Å². The average molecular weight is 330 g/mol. The van der Waals surface area contributed by atoms with E-state index in [0.717, 1.165) is 37.4 Å². The van der Waals surface area contributed by atoms with Gasteiger partial charge in [-0.05, 0) is 51.4 Å². The smallest absolute Gasteiger partial charge is 0.291 e. The Kier molecular flexibility index (Phi) is 4.64. The zero-order valence-corrected chi connectivity index (χ0v) is 14.9. The van der Waals surface area contributed by atoms with Crippen LogP contribution in [-0.2, 0) is 0 Å². The van der Waals surface area contributed by atoms with Gasteiger partial charge < -0.3 is 9.32 Å². The van der Waals surface area contributed by atoms with Crippen molar-refractivity contribution in [3.8, 4) is 0 Å². The molecule has 132 valence electrons. The summed E-state index contributed by atoms with van der Waals surface area (Å²) in [6.45, 7) is 2.81. The van der Waals surface area contributed by atoms with Crippen LogP contribution in [0.15, 0.2) is 4.42 Å². The Labute approximate surface area is 145 Å². The molecule has 4 nitrogen and oxygen atoms in total. The second-order valence-corrected chi connectivity index (χ2v) is 8.05. The maximum Gasteiger partial charge on any atom is 0.291 e. The Morgan fingerprint density at radius 3 is 2.46 bits per heavy atom. The van der Waals surface area contributed by atoms with Crippen LogP contribution in [0.25, 0.3) is 0 Å². The lowest BCUT2D eigenvalue weighted by Crippen LogP contribution is -2.45. The van der Waals surface area contributed by atoms with Crippen LogP contribution in [0.5, 0.6) is 0 Å². The first kappa shape index (κ1) is 16.2. The van der Waals surface area contributed by atoms with E-state index in [4.69, 9.17) is 4.42 Å². The Hall–Kier alpha value is -1.32. The van der Waals surface area contributed by atoms with E-state index in [9.17, 15) is 4.79 Å². The summed E-state index contributed by atoms with van der Waals surface area (Å²) >= 11 is 0. The van der Waals surface area contributed by atoms with Crippen LogP contribution in [0, 0.1) is 12.8 Å². The lowest BCUT2D eigenvalue weighted by atomic mass is 9.81. The van der Waals surface area contributed by atoms with Crippen molar-refractivity contribution in [1.82, 2.24) is 9.88 Å². The number of hydrogen-bond donors (Lipinski definition) is 0. The molecule has 0 spiro atoms. The highest BCUT2D eigenvalue weighted by Crippen LogP contribution is 2.40. The summed E-state index contributed by atoms with van der Waals surface area (Å²) in [5.74, 6) is 2.55. The number of likely N-dealkylation sites (tertiary alicyclic amines) is 1. The zero-order valence-electron chi connectivity index (χ0n) is 14.9. The van der Waals surface area contributed by atoms with Gasteiger partial charge in [-0.25, -0.2) is 4.98 Å². The summed E-state index contributed by atoms with van der Waals surface area (Å²) < 4.78 is 5.93. The molecule has 3 aliphatic rings. The zero-order chi connectivity index (χ0) is 16.5.